The Morgan fingerprint density at radius 2 is 1.52 bits per heavy atom. The first kappa shape index (κ1) is 19.5. The number of hydrogen-bond donors (Lipinski definition) is 1. The molecule has 0 spiro atoms. The van der Waals surface area contributed by atoms with Crippen LogP contribution in [0.25, 0.3) is 0 Å². The van der Waals surface area contributed by atoms with Crippen LogP contribution in [-0.2, 0) is 4.79 Å². The zero-order valence-electron chi connectivity index (χ0n) is 12.9. The fourth-order valence-corrected chi connectivity index (χ4v) is 3.25. The predicted molar refractivity (Wildman–Crippen MR) is 86.5 cm³/mol. The summed E-state index contributed by atoms with van der Waals surface area (Å²) in [5.41, 5.74) is 1.85. The van der Waals surface area contributed by atoms with Crippen molar-refractivity contribution >= 4 is 35.0 Å². The normalized spacial score (nSPS) is 10.9. The maximum Gasteiger partial charge on any atom is 0.234 e. The van der Waals surface area contributed by atoms with Crippen molar-refractivity contribution in [2.45, 2.75) is 18.7 Å². The molecule has 0 aliphatic rings. The molecule has 1 amide bonds. The summed E-state index contributed by atoms with van der Waals surface area (Å²) in [4.78, 5) is 10.8. The number of carbonyl (C=O) groups excluding carboxylic acids is 1. The molecule has 0 atom stereocenters. The van der Waals surface area contributed by atoms with Crippen molar-refractivity contribution in [2.24, 2.45) is 0 Å². The second-order valence-electron chi connectivity index (χ2n) is 5.17. The van der Waals surface area contributed by atoms with Crippen LogP contribution in [0.1, 0.15) is 11.1 Å². The third kappa shape index (κ3) is 4.07. The zero-order valence-corrected chi connectivity index (χ0v) is 14.5. The number of hydrogen-bond acceptors (Lipinski definition) is 2. The Balaban J connectivity index is 2.17. The van der Waals surface area contributed by atoms with Gasteiger partial charge in [-0.05, 0) is 31.0 Å². The number of thioether (sulfide) groups is 1. The number of carbonyl (C=O) groups is 1. The number of aryl methyl sites for hydroxylation is 2. The standard InChI is InChI=1S/C16H11ClF5NOS/c1-6-3-7(2)15(8(17)4-6)23-9(24)5-25-16-13(21)11(19)10(18)12(20)14(16)22/h3-4H,5H2,1-2H3,(H,23,24). The molecule has 2 aromatic carbocycles. The van der Waals surface area contributed by atoms with E-state index in [9.17, 15) is 26.7 Å². The molecule has 134 valence electrons. The van der Waals surface area contributed by atoms with E-state index in [1.54, 1.807) is 19.1 Å². The molecule has 25 heavy (non-hydrogen) atoms. The number of benzene rings is 2. The smallest absolute Gasteiger partial charge is 0.234 e. The van der Waals surface area contributed by atoms with E-state index >= 15 is 0 Å². The molecule has 0 aliphatic heterocycles. The molecule has 2 nitrogen and oxygen atoms in total. The summed E-state index contributed by atoms with van der Waals surface area (Å²) in [5.74, 6) is -11.6. The summed E-state index contributed by atoms with van der Waals surface area (Å²) in [6.07, 6.45) is 0. The molecule has 2 aromatic rings. The highest BCUT2D eigenvalue weighted by molar-refractivity contribution is 8.00. The van der Waals surface area contributed by atoms with Gasteiger partial charge in [-0.2, -0.15) is 0 Å². The molecule has 1 N–H and O–H groups in total. The molecule has 0 aliphatic carbocycles. The lowest BCUT2D eigenvalue weighted by molar-refractivity contribution is -0.113. The molecule has 0 bridgehead atoms. The fraction of sp³-hybridized carbons (Fsp3) is 0.188. The highest BCUT2D eigenvalue weighted by Gasteiger charge is 2.26. The Morgan fingerprint density at radius 3 is 2.04 bits per heavy atom. The molecule has 0 aromatic heterocycles. The van der Waals surface area contributed by atoms with Crippen LogP contribution >= 0.6 is 23.4 Å². The Labute approximate surface area is 149 Å². The van der Waals surface area contributed by atoms with Gasteiger partial charge in [-0.3, -0.25) is 4.79 Å². The van der Waals surface area contributed by atoms with Crippen molar-refractivity contribution in [3.8, 4) is 0 Å². The Bertz CT molecular complexity index is 807. The Morgan fingerprint density at radius 1 is 1.00 bits per heavy atom. The van der Waals surface area contributed by atoms with E-state index in [2.05, 4.69) is 5.32 Å². The first-order valence-electron chi connectivity index (χ1n) is 6.84. The minimum absolute atomic E-state index is 0.201. The second-order valence-corrected chi connectivity index (χ2v) is 6.57. The minimum Gasteiger partial charge on any atom is -0.324 e. The van der Waals surface area contributed by atoms with Crippen LogP contribution in [0, 0.1) is 42.9 Å². The molecule has 0 radical (unpaired) electrons. The molecule has 0 unspecified atom stereocenters. The SMILES string of the molecule is Cc1cc(C)c(NC(=O)CSc2c(F)c(F)c(F)c(F)c2F)c(Cl)c1. The van der Waals surface area contributed by atoms with Crippen molar-refractivity contribution in [3.63, 3.8) is 0 Å². The number of rotatable bonds is 4. The van der Waals surface area contributed by atoms with E-state index in [-0.39, 0.29) is 16.8 Å². The maximum absolute atomic E-state index is 13.6. The first-order valence-corrected chi connectivity index (χ1v) is 8.20. The lowest BCUT2D eigenvalue weighted by Crippen LogP contribution is -2.16. The van der Waals surface area contributed by atoms with Gasteiger partial charge in [-0.25, -0.2) is 22.0 Å². The van der Waals surface area contributed by atoms with Crippen molar-refractivity contribution in [1.29, 1.82) is 0 Å². The largest absolute Gasteiger partial charge is 0.324 e. The van der Waals surface area contributed by atoms with Gasteiger partial charge in [0.15, 0.2) is 23.3 Å². The topological polar surface area (TPSA) is 29.1 Å². The molecular formula is C16H11ClF5NOS. The van der Waals surface area contributed by atoms with Gasteiger partial charge >= 0.3 is 0 Å². The zero-order chi connectivity index (χ0) is 18.9. The number of halogens is 6. The van der Waals surface area contributed by atoms with Gasteiger partial charge in [0.05, 0.1) is 21.4 Å². The van der Waals surface area contributed by atoms with Gasteiger partial charge in [0.1, 0.15) is 0 Å². The maximum atomic E-state index is 13.6. The summed E-state index contributed by atoms with van der Waals surface area (Å²) >= 11 is 6.22. The van der Waals surface area contributed by atoms with E-state index in [0.29, 0.717) is 11.3 Å². The van der Waals surface area contributed by atoms with Crippen LogP contribution < -0.4 is 5.32 Å². The lowest BCUT2D eigenvalue weighted by Gasteiger charge is -2.12. The van der Waals surface area contributed by atoms with E-state index < -0.39 is 45.6 Å². The van der Waals surface area contributed by atoms with Gasteiger partial charge in [0.2, 0.25) is 11.7 Å². The highest BCUT2D eigenvalue weighted by Crippen LogP contribution is 2.32. The van der Waals surface area contributed by atoms with Crippen LogP contribution in [0.2, 0.25) is 5.02 Å². The van der Waals surface area contributed by atoms with E-state index in [4.69, 9.17) is 11.6 Å². The van der Waals surface area contributed by atoms with Gasteiger partial charge in [0, 0.05) is 0 Å². The number of anilines is 1. The van der Waals surface area contributed by atoms with Crippen molar-refractivity contribution in [2.75, 3.05) is 11.1 Å². The number of amides is 1. The summed E-state index contributed by atoms with van der Waals surface area (Å²) in [6, 6.07) is 3.38. The summed E-state index contributed by atoms with van der Waals surface area (Å²) in [7, 11) is 0. The van der Waals surface area contributed by atoms with Gasteiger partial charge in [0.25, 0.3) is 0 Å². The predicted octanol–water partition coefficient (Wildman–Crippen LogP) is 5.38. The number of nitrogens with one attached hydrogen (secondary N) is 1. The second kappa shape index (κ2) is 7.61. The van der Waals surface area contributed by atoms with Crippen LogP contribution in [0.4, 0.5) is 27.6 Å². The van der Waals surface area contributed by atoms with Crippen molar-refractivity contribution in [1.82, 2.24) is 0 Å². The van der Waals surface area contributed by atoms with Gasteiger partial charge in [-0.1, -0.05) is 17.7 Å². The molecule has 0 heterocycles. The van der Waals surface area contributed by atoms with E-state index in [0.717, 1.165) is 5.56 Å². The molecule has 0 fully saturated rings. The van der Waals surface area contributed by atoms with E-state index in [1.807, 2.05) is 6.92 Å². The average molecular weight is 396 g/mol. The van der Waals surface area contributed by atoms with Crippen LogP contribution in [-0.4, -0.2) is 11.7 Å². The summed E-state index contributed by atoms with van der Waals surface area (Å²) in [5, 5.41) is 2.73. The quantitative estimate of drug-likeness (QED) is 0.326. The van der Waals surface area contributed by atoms with Crippen LogP contribution in [0.3, 0.4) is 0 Å². The van der Waals surface area contributed by atoms with Crippen molar-refractivity contribution < 1.29 is 26.7 Å². The summed E-state index contributed by atoms with van der Waals surface area (Å²) in [6.45, 7) is 3.51. The van der Waals surface area contributed by atoms with Crippen LogP contribution in [0.15, 0.2) is 17.0 Å². The monoisotopic (exact) mass is 395 g/mol. The first-order chi connectivity index (χ1) is 11.6. The lowest BCUT2D eigenvalue weighted by atomic mass is 10.1. The van der Waals surface area contributed by atoms with Crippen molar-refractivity contribution in [3.05, 3.63) is 57.4 Å². The van der Waals surface area contributed by atoms with Gasteiger partial charge < -0.3 is 5.32 Å². The van der Waals surface area contributed by atoms with Crippen LogP contribution in [0.5, 0.6) is 0 Å². The summed E-state index contributed by atoms with van der Waals surface area (Å²) < 4.78 is 66.3. The third-order valence-electron chi connectivity index (χ3n) is 3.21. The molecule has 0 saturated heterocycles. The third-order valence-corrected chi connectivity index (χ3v) is 4.57. The highest BCUT2D eigenvalue weighted by atomic mass is 35.5. The Kier molecular flexibility index (Phi) is 5.95. The average Bonchev–Trinajstić information content (AvgIpc) is 2.54. The molecular weight excluding hydrogens is 385 g/mol. The molecule has 0 saturated carbocycles. The fourth-order valence-electron chi connectivity index (χ4n) is 2.10. The molecule has 2 rings (SSSR count). The Hall–Kier alpha value is -1.80. The van der Waals surface area contributed by atoms with E-state index in [1.165, 1.54) is 0 Å². The van der Waals surface area contributed by atoms with Gasteiger partial charge in [-0.15, -0.1) is 11.8 Å². The molecule has 9 heteroatoms. The minimum atomic E-state index is -2.24.